The molecule has 0 amide bonds. The Morgan fingerprint density at radius 2 is 0.667 bits per heavy atom. The monoisotopic (exact) mass is 2040 g/mol. The van der Waals surface area contributed by atoms with Crippen molar-refractivity contribution in [3.63, 3.8) is 0 Å². The van der Waals surface area contributed by atoms with Gasteiger partial charge in [0.2, 0.25) is 0 Å². The topological polar surface area (TPSA) is 542 Å². The Morgan fingerprint density at radius 1 is 0.326 bits per heavy atom. The Kier molecular flexibility index (Phi) is 45.5. The van der Waals surface area contributed by atoms with Crippen molar-refractivity contribution in [3.05, 3.63) is 337 Å². The molecule has 12 aromatic carbocycles. The summed E-state index contributed by atoms with van der Waals surface area (Å²) in [5, 5.41) is 45.4. The average molecular weight is 2040 g/mol. The van der Waals surface area contributed by atoms with Gasteiger partial charge in [-0.25, -0.2) is 42.1 Å². The Labute approximate surface area is 971 Å². The SMILES string of the molecule is Cc1ccc2c(ccc3nn(-c4ccc(C=Cc5ccccc5)c(S(=O)(=O)[O-])c4)nc32)c1.O=S(=O)([O-])c1cc(-n2ncc(-c3ccccc3)n2)ccc1C=Cc1[c-]cc(-n2ncc(-c3ccccc3)n2)cc1.O=S(=O)([O-])c1ccc(-c2cnn(-c3ccc(C=Cc4ccc(-n5ncc(-c6cc[c-]cc6)n5)cc4S(=O)(=O)[O-])c(S(=O)(=O)[O-])c3)n2)cc1.O=S(=O)=O.O=S(=O)=O.[K+].[K+].[Na+].[Na+].[Na+].[Na+].[Na+]. The van der Waals surface area contributed by atoms with Crippen molar-refractivity contribution in [2.75, 3.05) is 0 Å². The van der Waals surface area contributed by atoms with E-state index in [0.717, 1.165) is 78.1 Å². The molecule has 0 saturated carbocycles. The van der Waals surface area contributed by atoms with Gasteiger partial charge in [-0.3, -0.25) is 0 Å². The van der Waals surface area contributed by atoms with E-state index >= 15 is 0 Å². The second-order valence-electron chi connectivity index (χ2n) is 26.7. The summed E-state index contributed by atoms with van der Waals surface area (Å²) in [6, 6.07) is 78.4. The van der Waals surface area contributed by atoms with Crippen LogP contribution in [0.15, 0.2) is 310 Å². The van der Waals surface area contributed by atoms with Gasteiger partial charge in [0.05, 0.1) is 77.7 Å². The van der Waals surface area contributed by atoms with Crippen LogP contribution in [-0.2, 0) is 71.8 Å². The summed E-state index contributed by atoms with van der Waals surface area (Å²) in [5.74, 6) is 0. The zero-order valence-electron chi connectivity index (χ0n) is 72.2. The zero-order valence-corrected chi connectivity index (χ0v) is 94.2. The smallest absolute Gasteiger partial charge is 0.744 e. The van der Waals surface area contributed by atoms with E-state index in [1.165, 1.54) is 87.5 Å². The summed E-state index contributed by atoms with van der Waals surface area (Å²) in [6.07, 6.45) is 15.0. The maximum absolute atomic E-state index is 12.2. The van der Waals surface area contributed by atoms with E-state index in [4.69, 9.17) is 25.3 Å². The molecule has 5 aromatic heterocycles. The van der Waals surface area contributed by atoms with E-state index in [1.54, 1.807) is 97.4 Å². The fraction of sp³-hybridized carbons (Fsp3) is 0.0118. The van der Waals surface area contributed by atoms with Crippen molar-refractivity contribution in [3.8, 4) is 73.5 Å². The van der Waals surface area contributed by atoms with E-state index in [-0.39, 0.29) is 294 Å². The van der Waals surface area contributed by atoms with Gasteiger partial charge in [0.25, 0.3) is 0 Å². The summed E-state index contributed by atoms with van der Waals surface area (Å²) in [7, 11) is -30.5. The number of hydrogen-bond donors (Lipinski definition) is 0. The summed E-state index contributed by atoms with van der Waals surface area (Å²) < 4.78 is 230. The molecule has 0 aliphatic heterocycles. The summed E-state index contributed by atoms with van der Waals surface area (Å²) in [5.41, 5.74) is 11.2. The van der Waals surface area contributed by atoms with E-state index in [0.29, 0.717) is 56.2 Å². The molecule has 0 aliphatic rings. The Morgan fingerprint density at radius 3 is 1.04 bits per heavy atom. The van der Waals surface area contributed by atoms with Gasteiger partial charge < -0.3 is 22.8 Å². The minimum Gasteiger partial charge on any atom is -0.744 e. The maximum Gasteiger partial charge on any atom is 1.00 e. The maximum atomic E-state index is 12.2. The molecule has 0 unspecified atom stereocenters. The van der Waals surface area contributed by atoms with Gasteiger partial charge in [0.15, 0.2) is 0 Å². The van der Waals surface area contributed by atoms with Crippen molar-refractivity contribution in [2.45, 2.75) is 31.4 Å². The molecule has 0 N–H and O–H groups in total. The quantitative estimate of drug-likeness (QED) is 0.0296. The van der Waals surface area contributed by atoms with Crippen LogP contribution in [0.2, 0.25) is 0 Å². The molecular formula is C85H56K2N15Na5O21S7. The van der Waals surface area contributed by atoms with Crippen molar-refractivity contribution in [1.29, 1.82) is 0 Å². The second kappa shape index (κ2) is 52.6. The number of aromatic nitrogens is 15. The first-order valence-electron chi connectivity index (χ1n) is 36.6. The molecule has 50 heteroatoms. The van der Waals surface area contributed by atoms with Gasteiger partial charge >= 0.3 is 272 Å². The fourth-order valence-corrected chi connectivity index (χ4v) is 15.6. The van der Waals surface area contributed by atoms with Gasteiger partial charge in [-0.05, 0) is 107 Å². The number of fused-ring (bicyclic) bond motifs is 3. The number of rotatable bonds is 20. The van der Waals surface area contributed by atoms with Gasteiger partial charge in [-0.1, -0.05) is 188 Å². The van der Waals surface area contributed by atoms with Gasteiger partial charge in [-0.15, -0.1) is 81.6 Å². The molecule has 17 rings (SSSR count). The molecule has 0 saturated heterocycles. The van der Waals surface area contributed by atoms with Crippen LogP contribution in [0.25, 0.3) is 132 Å². The molecule has 0 aliphatic carbocycles. The van der Waals surface area contributed by atoms with Crippen molar-refractivity contribution >= 4 is 130 Å². The van der Waals surface area contributed by atoms with E-state index in [1.807, 2.05) is 128 Å². The molecular weight excluding hydrogens is 1980 g/mol. The third-order valence-corrected chi connectivity index (χ3v) is 22.7. The number of aryl methyl sites for hydroxylation is 1. The predicted octanol–water partition coefficient (Wildman–Crippen LogP) is -10.1. The normalized spacial score (nSPS) is 11.2. The third kappa shape index (κ3) is 32.3. The molecule has 36 nitrogen and oxygen atoms in total. The first-order valence-corrected chi connectivity index (χ1v) is 45.7. The third-order valence-electron chi connectivity index (χ3n) is 18.3. The first-order chi connectivity index (χ1) is 60.9. The molecule has 0 atom stereocenters. The molecule has 5 heterocycles. The van der Waals surface area contributed by atoms with Crippen LogP contribution in [0.3, 0.4) is 0 Å². The standard InChI is InChI=1S/C30H21N6O9S3.C30H21N6O3S.C25H19N3O3S.2K.5Na.2O3S/c37-46(38,39)26-14-10-21(11-15-26)28-19-32-36(34-28)25-13-9-23(30(17-25)48(43,44)45)7-6-22-8-12-24(16-29(22)47(40,41)42)35-31-18-27(33-35)20-4-2-1-3-5-20;37-40(38,39)30-19-27(36-32-21-29(34-36)24-9-5-2-6-10-24)18-15-25(30)14-11-22-12-16-26(17-13-22)35-31-20-28(33-35)23-7-3-1-4-8-23;1-17-7-13-22-20(15-17)11-14-23-25(22)27-28(26-23)21-12-10-19(24(16-21)32(29,30)31)9-8-18-5-3-2-4-6-18;;;;;;;;2*1-4(2)3/h2-19H,(H,37,38,39)(H,40,41,42)(H,43,44,45);1-12,14-21H,(H,37,38,39);2-16H,1H3,(H,29,30,31);;;;;;;;;/q2*-1;;7*+1;;/p-5. The Balaban J connectivity index is 0.000000296. The van der Waals surface area contributed by atoms with E-state index < -0.39 is 86.5 Å². The van der Waals surface area contributed by atoms with E-state index in [2.05, 4.69) is 69.2 Å². The average Bonchev–Trinajstić information content (AvgIpc) is 1.65. The van der Waals surface area contributed by atoms with Crippen molar-refractivity contribution in [1.82, 2.24) is 75.0 Å². The van der Waals surface area contributed by atoms with Crippen LogP contribution in [0, 0.1) is 19.1 Å². The molecule has 17 aromatic rings. The molecule has 0 radical (unpaired) electrons. The van der Waals surface area contributed by atoms with Crippen LogP contribution in [-0.4, -0.2) is 165 Å². The molecule has 0 bridgehead atoms. The largest absolute Gasteiger partial charge is 1.00 e. The Bertz CT molecular complexity index is 8000. The minimum absolute atomic E-state index is 0. The summed E-state index contributed by atoms with van der Waals surface area (Å²) in [6.45, 7) is 2.03. The van der Waals surface area contributed by atoms with Crippen LogP contribution in [0.1, 0.15) is 38.9 Å². The fourth-order valence-electron chi connectivity index (χ4n) is 12.4. The van der Waals surface area contributed by atoms with Crippen LogP contribution < -0.4 is 251 Å². The van der Waals surface area contributed by atoms with E-state index in [9.17, 15) is 64.9 Å². The van der Waals surface area contributed by atoms with Crippen LogP contribution in [0.4, 0.5) is 0 Å². The molecule has 0 fully saturated rings. The number of nitrogens with zero attached hydrogens (tertiary/aromatic N) is 15. The molecule has 0 spiro atoms. The minimum atomic E-state index is -5.09. The summed E-state index contributed by atoms with van der Waals surface area (Å²) in [4.78, 5) is 3.91. The van der Waals surface area contributed by atoms with Crippen molar-refractivity contribution in [2.24, 2.45) is 0 Å². The van der Waals surface area contributed by atoms with Gasteiger partial charge in [-0.2, -0.15) is 90.5 Å². The molecule has 135 heavy (non-hydrogen) atoms. The predicted molar refractivity (Wildman–Crippen MR) is 458 cm³/mol. The van der Waals surface area contributed by atoms with Crippen molar-refractivity contribution < 1.29 is 341 Å². The number of hydrogen-bond acceptors (Lipinski definition) is 31. The summed E-state index contributed by atoms with van der Waals surface area (Å²) >= 11 is 0. The molecule has 646 valence electrons. The number of benzene rings is 12. The van der Waals surface area contributed by atoms with Crippen LogP contribution in [0.5, 0.6) is 0 Å². The van der Waals surface area contributed by atoms with Gasteiger partial charge in [0, 0.05) is 27.8 Å². The zero-order chi connectivity index (χ0) is 91.2. The van der Waals surface area contributed by atoms with Gasteiger partial charge in [0.1, 0.15) is 78.7 Å². The second-order valence-corrected chi connectivity index (χ2v) is 34.3. The first kappa shape index (κ1) is 117. The Hall–Kier alpha value is -6.86. The van der Waals surface area contributed by atoms with Crippen LogP contribution >= 0.6 is 0 Å².